The fourth-order valence-corrected chi connectivity index (χ4v) is 8.16. The normalized spacial score (nSPS) is 15.8. The summed E-state index contributed by atoms with van der Waals surface area (Å²) in [4.78, 5) is 51.9. The lowest BCUT2D eigenvalue weighted by molar-refractivity contribution is -0.176. The van der Waals surface area contributed by atoms with Gasteiger partial charge in [-0.3, -0.25) is 19.8 Å². The van der Waals surface area contributed by atoms with Crippen LogP contribution >= 0.6 is 0 Å². The monoisotopic (exact) mass is 760 g/mol. The highest BCUT2D eigenvalue weighted by molar-refractivity contribution is 7.92. The summed E-state index contributed by atoms with van der Waals surface area (Å²) >= 11 is 0. The Hall–Kier alpha value is -4.01. The number of carbonyl (C=O) groups is 4. The van der Waals surface area contributed by atoms with Crippen LogP contribution in [0.2, 0.25) is 0 Å². The number of amides is 2. The number of nitrogens with zero attached hydrogens (tertiary/aromatic N) is 1. The Kier molecular flexibility index (Phi) is 17.2. The minimum absolute atomic E-state index is 0.00379. The highest BCUT2D eigenvalue weighted by Gasteiger charge is 2.43. The van der Waals surface area contributed by atoms with Crippen LogP contribution in [-0.4, -0.2) is 88.6 Å². The second kappa shape index (κ2) is 21.0. The van der Waals surface area contributed by atoms with E-state index in [1.807, 2.05) is 42.5 Å². The van der Waals surface area contributed by atoms with Crippen LogP contribution in [0.15, 0.2) is 54.6 Å². The van der Waals surface area contributed by atoms with E-state index in [2.05, 4.69) is 5.43 Å². The van der Waals surface area contributed by atoms with Crippen LogP contribution in [0.5, 0.6) is 0 Å². The van der Waals surface area contributed by atoms with Crippen LogP contribution in [0.4, 0.5) is 4.79 Å². The topological polar surface area (TPSA) is 164 Å². The van der Waals surface area contributed by atoms with E-state index in [4.69, 9.17) is 23.7 Å². The molecule has 2 atom stereocenters. The number of hydrazine groups is 1. The SMILES string of the molecule is CCOC(=O)CCc1cccc(C(CCCC(C)(C)CS(=O)(=O)CC(=O)OCC)(COC2CCCCO2)C(=O)NN(C)C(=O)OCc2ccccc2)c1. The van der Waals surface area contributed by atoms with E-state index in [0.717, 1.165) is 29.0 Å². The van der Waals surface area contributed by atoms with Crippen LogP contribution < -0.4 is 5.43 Å². The van der Waals surface area contributed by atoms with Crippen molar-refractivity contribution in [3.63, 3.8) is 0 Å². The average Bonchev–Trinajstić information content (AvgIpc) is 3.11. The molecule has 53 heavy (non-hydrogen) atoms. The molecule has 14 heteroatoms. The van der Waals surface area contributed by atoms with Gasteiger partial charge in [-0.2, -0.15) is 0 Å². The summed E-state index contributed by atoms with van der Waals surface area (Å²) in [5.74, 6) is -2.64. The zero-order valence-corrected chi connectivity index (χ0v) is 32.5. The highest BCUT2D eigenvalue weighted by Crippen LogP contribution is 2.36. The minimum Gasteiger partial charge on any atom is -0.466 e. The lowest BCUT2D eigenvalue weighted by Gasteiger charge is -2.37. The summed E-state index contributed by atoms with van der Waals surface area (Å²) < 4.78 is 53.5. The van der Waals surface area contributed by atoms with Crippen molar-refractivity contribution in [2.45, 2.75) is 97.4 Å². The molecule has 2 unspecified atom stereocenters. The minimum atomic E-state index is -3.79. The van der Waals surface area contributed by atoms with E-state index in [0.29, 0.717) is 37.9 Å². The lowest BCUT2D eigenvalue weighted by Crippen LogP contribution is -2.54. The molecule has 0 radical (unpaired) electrons. The van der Waals surface area contributed by atoms with E-state index in [-0.39, 0.29) is 51.0 Å². The molecule has 2 amide bonds. The molecular formula is C39H56N2O11S. The lowest BCUT2D eigenvalue weighted by atomic mass is 9.74. The van der Waals surface area contributed by atoms with E-state index in [1.165, 1.54) is 7.05 Å². The van der Waals surface area contributed by atoms with Crippen molar-refractivity contribution in [2.75, 3.05) is 45.0 Å². The number of carbonyl (C=O) groups excluding carboxylic acids is 4. The number of hydrogen-bond acceptors (Lipinski definition) is 11. The number of nitrogens with one attached hydrogen (secondary N) is 1. The van der Waals surface area contributed by atoms with Crippen LogP contribution in [0.1, 0.15) is 89.3 Å². The Morgan fingerprint density at radius 1 is 0.906 bits per heavy atom. The molecule has 1 saturated heterocycles. The van der Waals surface area contributed by atoms with Crippen LogP contribution in [0.25, 0.3) is 0 Å². The van der Waals surface area contributed by atoms with Gasteiger partial charge >= 0.3 is 18.0 Å². The molecule has 0 spiro atoms. The zero-order valence-electron chi connectivity index (χ0n) is 31.7. The largest absolute Gasteiger partial charge is 0.466 e. The van der Waals surface area contributed by atoms with Crippen molar-refractivity contribution >= 4 is 33.8 Å². The van der Waals surface area contributed by atoms with Gasteiger partial charge in [0.25, 0.3) is 5.91 Å². The Bertz CT molecular complexity index is 1590. The van der Waals surface area contributed by atoms with Crippen LogP contribution in [0.3, 0.4) is 0 Å². The number of aryl methyl sites for hydroxylation is 1. The van der Waals surface area contributed by atoms with Crippen LogP contribution in [-0.2, 0) is 66.3 Å². The number of esters is 2. The van der Waals surface area contributed by atoms with Gasteiger partial charge in [0.15, 0.2) is 16.1 Å². The van der Waals surface area contributed by atoms with E-state index < -0.39 is 50.7 Å². The van der Waals surface area contributed by atoms with Crippen molar-refractivity contribution in [2.24, 2.45) is 5.41 Å². The van der Waals surface area contributed by atoms with Crippen LogP contribution in [0, 0.1) is 5.41 Å². The van der Waals surface area contributed by atoms with Gasteiger partial charge in [0.1, 0.15) is 12.4 Å². The molecular weight excluding hydrogens is 704 g/mol. The molecule has 1 heterocycles. The molecule has 2 aromatic carbocycles. The van der Waals surface area contributed by atoms with Gasteiger partial charge in [0.2, 0.25) is 0 Å². The average molecular weight is 761 g/mol. The Labute approximate surface area is 313 Å². The maximum absolute atomic E-state index is 14.7. The third-order valence-corrected chi connectivity index (χ3v) is 10.8. The van der Waals surface area contributed by atoms with Crippen molar-refractivity contribution in [1.29, 1.82) is 0 Å². The van der Waals surface area contributed by atoms with E-state index >= 15 is 0 Å². The van der Waals surface area contributed by atoms with Crippen molar-refractivity contribution in [1.82, 2.24) is 10.4 Å². The first kappa shape index (κ1) is 43.4. The van der Waals surface area contributed by atoms with Gasteiger partial charge in [-0.15, -0.1) is 0 Å². The molecule has 1 fully saturated rings. The molecule has 294 valence electrons. The van der Waals surface area contributed by atoms with E-state index in [1.54, 1.807) is 39.8 Å². The van der Waals surface area contributed by atoms with Gasteiger partial charge in [-0.05, 0) is 74.5 Å². The molecule has 1 aliphatic rings. The standard InChI is InChI=1S/C39H56N2O11S/c1-6-48-33(42)21-20-30-17-13-18-32(25-30)39(28-52-35-19-11-12-24-50-35,23-14-22-38(3,4)29-53(46,47)27-34(43)49-7-2)36(44)40-41(5)37(45)51-26-31-15-9-8-10-16-31/h8-10,13,15-18,25,35H,6-7,11-12,14,19-24,26-29H2,1-5H3,(H,40,44). The zero-order chi connectivity index (χ0) is 38.9. The summed E-state index contributed by atoms with van der Waals surface area (Å²) in [7, 11) is -2.39. The fraction of sp³-hybridized carbons (Fsp3) is 0.590. The predicted molar refractivity (Wildman–Crippen MR) is 198 cm³/mol. The number of sulfone groups is 1. The number of rotatable bonds is 20. The molecule has 0 aromatic heterocycles. The van der Waals surface area contributed by atoms with Crippen molar-refractivity contribution in [3.05, 3.63) is 71.3 Å². The predicted octanol–water partition coefficient (Wildman–Crippen LogP) is 5.44. The second-order valence-electron chi connectivity index (χ2n) is 14.1. The van der Waals surface area contributed by atoms with E-state index in [9.17, 15) is 27.6 Å². The molecule has 13 nitrogen and oxygen atoms in total. The maximum Gasteiger partial charge on any atom is 0.428 e. The number of hydrogen-bond donors (Lipinski definition) is 1. The Morgan fingerprint density at radius 2 is 1.60 bits per heavy atom. The van der Waals surface area contributed by atoms with Crippen molar-refractivity contribution < 1.29 is 51.3 Å². The highest BCUT2D eigenvalue weighted by atomic mass is 32.2. The summed E-state index contributed by atoms with van der Waals surface area (Å²) in [5, 5.41) is 0.994. The first-order chi connectivity index (χ1) is 25.2. The number of benzene rings is 2. The maximum atomic E-state index is 14.7. The summed E-state index contributed by atoms with van der Waals surface area (Å²) in [6, 6.07) is 16.5. The quantitative estimate of drug-likeness (QED) is 0.104. The van der Waals surface area contributed by atoms with Gasteiger partial charge in [-0.25, -0.2) is 18.2 Å². The van der Waals surface area contributed by atoms with Gasteiger partial charge < -0.3 is 23.7 Å². The molecule has 0 aliphatic carbocycles. The second-order valence-corrected chi connectivity index (χ2v) is 16.2. The Morgan fingerprint density at radius 3 is 2.28 bits per heavy atom. The Balaban J connectivity index is 1.94. The number of ether oxygens (including phenoxy) is 5. The molecule has 2 aromatic rings. The smallest absolute Gasteiger partial charge is 0.428 e. The molecule has 0 saturated carbocycles. The third kappa shape index (κ3) is 14.7. The fourth-order valence-electron chi connectivity index (χ4n) is 6.28. The van der Waals surface area contributed by atoms with Crippen molar-refractivity contribution in [3.8, 4) is 0 Å². The first-order valence-electron chi connectivity index (χ1n) is 18.3. The third-order valence-electron chi connectivity index (χ3n) is 8.95. The summed E-state index contributed by atoms with van der Waals surface area (Å²) in [5.41, 5.74) is 2.73. The molecule has 0 bridgehead atoms. The molecule has 1 N–H and O–H groups in total. The summed E-state index contributed by atoms with van der Waals surface area (Å²) in [6.45, 7) is 7.73. The van der Waals surface area contributed by atoms with Gasteiger partial charge in [0, 0.05) is 20.1 Å². The molecule has 3 rings (SSSR count). The van der Waals surface area contributed by atoms with Gasteiger partial charge in [-0.1, -0.05) is 74.9 Å². The van der Waals surface area contributed by atoms with Gasteiger partial charge in [0.05, 0.1) is 31.0 Å². The first-order valence-corrected chi connectivity index (χ1v) is 20.1. The summed E-state index contributed by atoms with van der Waals surface area (Å²) in [6.07, 6.45) is 2.60. The molecule has 1 aliphatic heterocycles.